The van der Waals surface area contributed by atoms with E-state index >= 15 is 0 Å². The number of aromatic nitrogens is 4. The number of amides is 1. The topological polar surface area (TPSA) is 63.4 Å². The average molecular weight is 372 g/mol. The molecule has 7 heteroatoms. The molecule has 1 aliphatic carbocycles. The van der Waals surface area contributed by atoms with E-state index in [-0.39, 0.29) is 11.7 Å². The van der Waals surface area contributed by atoms with Crippen molar-refractivity contribution in [2.45, 2.75) is 52.9 Å². The highest BCUT2D eigenvalue weighted by atomic mass is 32.1. The van der Waals surface area contributed by atoms with Gasteiger partial charge in [0.1, 0.15) is 11.2 Å². The number of hydrogen-bond acceptors (Lipinski definition) is 5. The van der Waals surface area contributed by atoms with Gasteiger partial charge >= 0.3 is 0 Å². The Kier molecular flexibility index (Phi) is 4.65. The van der Waals surface area contributed by atoms with Crippen molar-refractivity contribution >= 4 is 33.1 Å². The minimum atomic E-state index is -0.0877. The van der Waals surface area contributed by atoms with Gasteiger partial charge in [0.15, 0.2) is 5.65 Å². The Bertz CT molecular complexity index is 960. The molecule has 0 bridgehead atoms. The first-order valence-electron chi connectivity index (χ1n) is 9.57. The third-order valence-electron chi connectivity index (χ3n) is 5.27. The summed E-state index contributed by atoms with van der Waals surface area (Å²) in [6.45, 7) is 7.85. The number of fused-ring (bicyclic) bond motifs is 5. The fraction of sp³-hybridized carbons (Fsp3) is 0.579. The van der Waals surface area contributed by atoms with Crippen molar-refractivity contribution in [2.75, 3.05) is 13.1 Å². The highest BCUT2D eigenvalue weighted by molar-refractivity contribution is 7.19. The Hall–Kier alpha value is -2.02. The van der Waals surface area contributed by atoms with E-state index in [1.807, 2.05) is 11.8 Å². The fourth-order valence-electron chi connectivity index (χ4n) is 3.73. The van der Waals surface area contributed by atoms with Gasteiger partial charge in [0.05, 0.1) is 5.39 Å². The summed E-state index contributed by atoms with van der Waals surface area (Å²) in [7, 11) is 0. The number of aryl methyl sites for hydroxylation is 1. The van der Waals surface area contributed by atoms with Crippen molar-refractivity contribution in [3.8, 4) is 0 Å². The van der Waals surface area contributed by atoms with Crippen LogP contribution in [0.5, 0.6) is 0 Å². The summed E-state index contributed by atoms with van der Waals surface area (Å²) in [5, 5.41) is 5.54. The van der Waals surface area contributed by atoms with E-state index in [2.05, 4.69) is 28.9 Å². The summed E-state index contributed by atoms with van der Waals surface area (Å²) in [4.78, 5) is 26.3. The quantitative estimate of drug-likeness (QED) is 0.686. The Morgan fingerprint density at radius 3 is 3.04 bits per heavy atom. The second kappa shape index (κ2) is 6.95. The van der Waals surface area contributed by atoms with Crippen LogP contribution in [-0.4, -0.2) is 43.5 Å². The van der Waals surface area contributed by atoms with Crippen LogP contribution in [0, 0.1) is 5.92 Å². The monoisotopic (exact) mass is 371 g/mol. The van der Waals surface area contributed by atoms with Crippen LogP contribution in [0.1, 0.15) is 61.1 Å². The summed E-state index contributed by atoms with van der Waals surface area (Å²) in [6, 6.07) is 0. The molecular formula is C19H25N5OS. The van der Waals surface area contributed by atoms with Gasteiger partial charge in [0.2, 0.25) is 5.82 Å². The first kappa shape index (κ1) is 17.4. The van der Waals surface area contributed by atoms with Gasteiger partial charge in [-0.3, -0.25) is 4.79 Å². The van der Waals surface area contributed by atoms with Gasteiger partial charge in [-0.2, -0.15) is 0 Å². The maximum Gasteiger partial charge on any atom is 0.293 e. The molecule has 0 saturated heterocycles. The molecule has 0 spiro atoms. The van der Waals surface area contributed by atoms with Crippen LogP contribution >= 0.6 is 11.3 Å². The molecule has 3 aromatic heterocycles. The Morgan fingerprint density at radius 2 is 2.27 bits per heavy atom. The minimum absolute atomic E-state index is 0.0877. The van der Waals surface area contributed by atoms with Gasteiger partial charge < -0.3 is 4.90 Å². The van der Waals surface area contributed by atoms with E-state index < -0.39 is 0 Å². The zero-order chi connectivity index (χ0) is 18.3. The lowest BCUT2D eigenvalue weighted by Crippen LogP contribution is -2.32. The summed E-state index contributed by atoms with van der Waals surface area (Å²) in [5.41, 5.74) is 2.14. The molecule has 26 heavy (non-hydrogen) atoms. The molecule has 6 nitrogen and oxygen atoms in total. The number of nitrogens with zero attached hydrogens (tertiary/aromatic N) is 5. The second-order valence-electron chi connectivity index (χ2n) is 7.22. The SMILES string of the molecule is CCCCN(CC)C(=O)c1nc2c3c4c(sc3ncn2n1)CC[C@@H](C)C4. The molecule has 0 radical (unpaired) electrons. The lowest BCUT2D eigenvalue weighted by atomic mass is 9.89. The lowest BCUT2D eigenvalue weighted by Gasteiger charge is -2.18. The molecule has 1 aliphatic rings. The summed E-state index contributed by atoms with van der Waals surface area (Å²) in [5.74, 6) is 0.866. The van der Waals surface area contributed by atoms with Crippen LogP contribution in [0.4, 0.5) is 0 Å². The summed E-state index contributed by atoms with van der Waals surface area (Å²) in [6.07, 6.45) is 7.15. The molecule has 138 valence electrons. The Labute approximate surface area is 157 Å². The predicted octanol–water partition coefficient (Wildman–Crippen LogP) is 3.73. The van der Waals surface area contributed by atoms with Crippen LogP contribution < -0.4 is 0 Å². The second-order valence-corrected chi connectivity index (χ2v) is 8.30. The molecule has 1 atom stereocenters. The molecule has 3 aromatic rings. The molecule has 0 fully saturated rings. The van der Waals surface area contributed by atoms with E-state index in [1.165, 1.54) is 16.9 Å². The average Bonchev–Trinajstić information content (AvgIpc) is 3.22. The Morgan fingerprint density at radius 1 is 1.42 bits per heavy atom. The van der Waals surface area contributed by atoms with Gasteiger partial charge in [-0.05, 0) is 44.1 Å². The normalized spacial score (nSPS) is 17.0. The largest absolute Gasteiger partial charge is 0.336 e. The molecule has 4 rings (SSSR count). The third-order valence-corrected chi connectivity index (χ3v) is 6.47. The molecule has 0 saturated carbocycles. The van der Waals surface area contributed by atoms with Crippen molar-refractivity contribution in [3.05, 3.63) is 22.6 Å². The van der Waals surface area contributed by atoms with Crippen molar-refractivity contribution in [2.24, 2.45) is 5.92 Å². The minimum Gasteiger partial charge on any atom is -0.336 e. The maximum atomic E-state index is 12.8. The van der Waals surface area contributed by atoms with Gasteiger partial charge in [-0.25, -0.2) is 14.5 Å². The van der Waals surface area contributed by atoms with E-state index in [9.17, 15) is 4.79 Å². The first-order chi connectivity index (χ1) is 12.6. The predicted molar refractivity (Wildman–Crippen MR) is 104 cm³/mol. The molecule has 0 unspecified atom stereocenters. The zero-order valence-corrected chi connectivity index (χ0v) is 16.5. The molecular weight excluding hydrogens is 346 g/mol. The van der Waals surface area contributed by atoms with E-state index in [0.29, 0.717) is 12.5 Å². The van der Waals surface area contributed by atoms with E-state index in [1.54, 1.807) is 22.2 Å². The van der Waals surface area contributed by atoms with Crippen molar-refractivity contribution < 1.29 is 4.79 Å². The van der Waals surface area contributed by atoms with Crippen LogP contribution in [0.2, 0.25) is 0 Å². The number of thiophene rings is 1. The summed E-state index contributed by atoms with van der Waals surface area (Å²) >= 11 is 1.77. The third kappa shape index (κ3) is 2.88. The first-order valence-corrected chi connectivity index (χ1v) is 10.4. The molecule has 0 N–H and O–H groups in total. The number of unbranched alkanes of at least 4 members (excludes halogenated alkanes) is 1. The molecule has 0 aliphatic heterocycles. The molecule has 1 amide bonds. The fourth-order valence-corrected chi connectivity index (χ4v) is 4.91. The van der Waals surface area contributed by atoms with Crippen LogP contribution in [0.3, 0.4) is 0 Å². The van der Waals surface area contributed by atoms with Crippen molar-refractivity contribution in [1.29, 1.82) is 0 Å². The van der Waals surface area contributed by atoms with E-state index in [4.69, 9.17) is 0 Å². The Balaban J connectivity index is 1.78. The smallest absolute Gasteiger partial charge is 0.293 e. The number of carbonyl (C=O) groups is 1. The van der Waals surface area contributed by atoms with E-state index in [0.717, 1.165) is 48.1 Å². The zero-order valence-electron chi connectivity index (χ0n) is 15.7. The molecule has 0 aromatic carbocycles. The standard InChI is InChI=1S/C19H25N5OS/c1-4-6-9-23(5-2)19(25)16-21-17-15-13-10-12(3)7-8-14(13)26-18(15)20-11-24(17)22-16/h11-12H,4-10H2,1-3H3/t12-/m1/s1. The highest BCUT2D eigenvalue weighted by Gasteiger charge is 2.25. The highest BCUT2D eigenvalue weighted by Crippen LogP contribution is 2.38. The molecule has 3 heterocycles. The number of carbonyl (C=O) groups excluding carboxylic acids is 1. The van der Waals surface area contributed by atoms with Crippen LogP contribution in [0.25, 0.3) is 15.9 Å². The van der Waals surface area contributed by atoms with Gasteiger partial charge in [-0.1, -0.05) is 20.3 Å². The van der Waals surface area contributed by atoms with Crippen LogP contribution in [0.15, 0.2) is 6.33 Å². The van der Waals surface area contributed by atoms with Gasteiger partial charge in [-0.15, -0.1) is 16.4 Å². The maximum absolute atomic E-state index is 12.8. The summed E-state index contributed by atoms with van der Waals surface area (Å²) < 4.78 is 1.68. The van der Waals surface area contributed by atoms with Crippen molar-refractivity contribution in [3.63, 3.8) is 0 Å². The van der Waals surface area contributed by atoms with Crippen molar-refractivity contribution in [1.82, 2.24) is 24.5 Å². The number of hydrogen-bond donors (Lipinski definition) is 0. The van der Waals surface area contributed by atoms with Crippen LogP contribution in [-0.2, 0) is 12.8 Å². The van der Waals surface area contributed by atoms with Gasteiger partial charge in [0, 0.05) is 18.0 Å². The number of rotatable bonds is 5. The lowest BCUT2D eigenvalue weighted by molar-refractivity contribution is 0.0750. The van der Waals surface area contributed by atoms with Gasteiger partial charge in [0.25, 0.3) is 5.91 Å².